The highest BCUT2D eigenvalue weighted by Gasteiger charge is 2.13. The highest BCUT2D eigenvalue weighted by Crippen LogP contribution is 2.12. The van der Waals surface area contributed by atoms with E-state index in [2.05, 4.69) is 0 Å². The first-order valence-electron chi connectivity index (χ1n) is 4.84. The van der Waals surface area contributed by atoms with Gasteiger partial charge >= 0.3 is 0 Å². The zero-order valence-electron chi connectivity index (χ0n) is 9.06. The van der Waals surface area contributed by atoms with Gasteiger partial charge in [0.15, 0.2) is 11.2 Å². The van der Waals surface area contributed by atoms with Crippen LogP contribution in [0.25, 0.3) is 11.0 Å². The maximum atomic E-state index is 11.7. The van der Waals surface area contributed by atoms with E-state index >= 15 is 0 Å². The van der Waals surface area contributed by atoms with Crippen molar-refractivity contribution in [3.8, 4) is 0 Å². The molecule has 1 amide bonds. The van der Waals surface area contributed by atoms with Gasteiger partial charge in [0.25, 0.3) is 5.91 Å². The van der Waals surface area contributed by atoms with Gasteiger partial charge in [-0.25, -0.2) is 0 Å². The number of rotatable bonds is 1. The van der Waals surface area contributed by atoms with Crippen molar-refractivity contribution in [2.45, 2.75) is 0 Å². The van der Waals surface area contributed by atoms with Gasteiger partial charge in [-0.2, -0.15) is 0 Å². The molecule has 0 saturated heterocycles. The summed E-state index contributed by atoms with van der Waals surface area (Å²) in [5.41, 5.74) is 0.229. The predicted octanol–water partition coefficient (Wildman–Crippen LogP) is 1.49. The summed E-state index contributed by atoms with van der Waals surface area (Å²) in [6.45, 7) is 0. The molecule has 0 atom stereocenters. The molecule has 0 aliphatic heterocycles. The number of fused-ring (bicyclic) bond motifs is 1. The largest absolute Gasteiger partial charge is 0.451 e. The Kier molecular flexibility index (Phi) is 2.48. The number of nitrogens with zero attached hydrogens (tertiary/aromatic N) is 1. The fourth-order valence-corrected chi connectivity index (χ4v) is 1.43. The predicted molar refractivity (Wildman–Crippen MR) is 60.5 cm³/mol. The second kappa shape index (κ2) is 3.81. The lowest BCUT2D eigenvalue weighted by Gasteiger charge is -2.09. The van der Waals surface area contributed by atoms with Gasteiger partial charge < -0.3 is 9.32 Å². The molecule has 0 saturated carbocycles. The van der Waals surface area contributed by atoms with E-state index in [4.69, 9.17) is 4.42 Å². The van der Waals surface area contributed by atoms with Crippen LogP contribution in [0.2, 0.25) is 0 Å². The van der Waals surface area contributed by atoms with E-state index in [1.807, 2.05) is 0 Å². The minimum Gasteiger partial charge on any atom is -0.451 e. The first-order valence-corrected chi connectivity index (χ1v) is 4.84. The molecule has 0 aliphatic rings. The Balaban J connectivity index is 2.67. The molecule has 2 aromatic rings. The Morgan fingerprint density at radius 1 is 1.25 bits per heavy atom. The Labute approximate surface area is 92.1 Å². The van der Waals surface area contributed by atoms with Crippen LogP contribution >= 0.6 is 0 Å². The maximum Gasteiger partial charge on any atom is 0.289 e. The number of hydrogen-bond donors (Lipinski definition) is 0. The Hall–Kier alpha value is -2.10. The topological polar surface area (TPSA) is 50.5 Å². The highest BCUT2D eigenvalue weighted by molar-refractivity contribution is 5.92. The summed E-state index contributed by atoms with van der Waals surface area (Å²) in [5.74, 6) is -0.253. The molecule has 0 bridgehead atoms. The molecule has 0 radical (unpaired) electrons. The third kappa shape index (κ3) is 1.69. The van der Waals surface area contributed by atoms with E-state index in [1.54, 1.807) is 38.4 Å². The van der Waals surface area contributed by atoms with E-state index in [0.717, 1.165) is 0 Å². The van der Waals surface area contributed by atoms with E-state index in [1.165, 1.54) is 11.0 Å². The Morgan fingerprint density at radius 2 is 1.94 bits per heavy atom. The summed E-state index contributed by atoms with van der Waals surface area (Å²) in [6, 6.07) is 8.08. The molecule has 16 heavy (non-hydrogen) atoms. The van der Waals surface area contributed by atoms with Crippen LogP contribution in [-0.4, -0.2) is 24.9 Å². The fraction of sp³-hybridized carbons (Fsp3) is 0.167. The summed E-state index contributed by atoms with van der Waals surface area (Å²) in [4.78, 5) is 24.7. The second-order valence-corrected chi connectivity index (χ2v) is 3.67. The van der Waals surface area contributed by atoms with Crippen molar-refractivity contribution in [2.24, 2.45) is 0 Å². The van der Waals surface area contributed by atoms with Gasteiger partial charge in [-0.3, -0.25) is 9.59 Å². The van der Waals surface area contributed by atoms with Crippen molar-refractivity contribution in [1.82, 2.24) is 4.90 Å². The van der Waals surface area contributed by atoms with Gasteiger partial charge in [0.05, 0.1) is 5.39 Å². The number of amides is 1. The molecule has 4 heteroatoms. The summed E-state index contributed by atoms with van der Waals surface area (Å²) in [6.07, 6.45) is 0. The van der Waals surface area contributed by atoms with E-state index in [9.17, 15) is 9.59 Å². The van der Waals surface area contributed by atoms with Crippen LogP contribution in [0.5, 0.6) is 0 Å². The second-order valence-electron chi connectivity index (χ2n) is 3.67. The summed E-state index contributed by atoms with van der Waals surface area (Å²) in [7, 11) is 3.22. The number of carbonyl (C=O) groups is 1. The van der Waals surface area contributed by atoms with Gasteiger partial charge in [0, 0.05) is 20.2 Å². The van der Waals surface area contributed by atoms with Crippen molar-refractivity contribution < 1.29 is 9.21 Å². The summed E-state index contributed by atoms with van der Waals surface area (Å²) >= 11 is 0. The zero-order chi connectivity index (χ0) is 11.7. The standard InChI is InChI=1S/C12H11NO3/c1-13(2)12(15)11-7-9(14)8-5-3-4-6-10(8)16-11/h3-7H,1-2H3. The summed E-state index contributed by atoms with van der Waals surface area (Å²) in [5, 5.41) is 0.484. The highest BCUT2D eigenvalue weighted by atomic mass is 16.3. The number of para-hydroxylation sites is 1. The zero-order valence-corrected chi connectivity index (χ0v) is 9.06. The van der Waals surface area contributed by atoms with E-state index in [-0.39, 0.29) is 17.1 Å². The lowest BCUT2D eigenvalue weighted by Crippen LogP contribution is -2.22. The van der Waals surface area contributed by atoms with Crippen LogP contribution in [-0.2, 0) is 0 Å². The molecule has 1 aromatic carbocycles. The van der Waals surface area contributed by atoms with Gasteiger partial charge in [0.2, 0.25) is 0 Å². The monoisotopic (exact) mass is 217 g/mol. The van der Waals surface area contributed by atoms with Gasteiger partial charge in [-0.15, -0.1) is 0 Å². The van der Waals surface area contributed by atoms with Crippen LogP contribution in [0, 0.1) is 0 Å². The van der Waals surface area contributed by atoms with Crippen LogP contribution in [0.3, 0.4) is 0 Å². The molecule has 4 nitrogen and oxygen atoms in total. The molecule has 2 rings (SSSR count). The van der Waals surface area contributed by atoms with Crippen LogP contribution in [0.15, 0.2) is 39.5 Å². The number of carbonyl (C=O) groups excluding carboxylic acids is 1. The van der Waals surface area contributed by atoms with Gasteiger partial charge in [0.1, 0.15) is 5.58 Å². The first-order chi connectivity index (χ1) is 7.59. The first kappa shape index (κ1) is 10.4. The fourth-order valence-electron chi connectivity index (χ4n) is 1.43. The molecule has 82 valence electrons. The normalized spacial score (nSPS) is 10.4. The average molecular weight is 217 g/mol. The van der Waals surface area contributed by atoms with Crippen molar-refractivity contribution in [1.29, 1.82) is 0 Å². The van der Waals surface area contributed by atoms with Crippen molar-refractivity contribution in [2.75, 3.05) is 14.1 Å². The van der Waals surface area contributed by atoms with Crippen molar-refractivity contribution >= 4 is 16.9 Å². The minimum atomic E-state index is -0.317. The molecule has 1 aromatic heterocycles. The van der Waals surface area contributed by atoms with Crippen molar-refractivity contribution in [3.63, 3.8) is 0 Å². The van der Waals surface area contributed by atoms with Crippen molar-refractivity contribution in [3.05, 3.63) is 46.3 Å². The molecule has 0 N–H and O–H groups in total. The van der Waals surface area contributed by atoms with Crippen LogP contribution in [0.1, 0.15) is 10.6 Å². The SMILES string of the molecule is CN(C)C(=O)c1cc(=O)c2ccccc2o1. The third-order valence-corrected chi connectivity index (χ3v) is 2.25. The quantitative estimate of drug-likeness (QED) is 0.727. The summed E-state index contributed by atoms with van der Waals surface area (Å²) < 4.78 is 5.37. The Morgan fingerprint density at radius 3 is 2.62 bits per heavy atom. The molecular weight excluding hydrogens is 206 g/mol. The number of benzene rings is 1. The smallest absolute Gasteiger partial charge is 0.289 e. The lowest BCUT2D eigenvalue weighted by atomic mass is 10.2. The van der Waals surface area contributed by atoms with Gasteiger partial charge in [-0.05, 0) is 12.1 Å². The molecule has 0 spiro atoms. The van der Waals surface area contributed by atoms with E-state index in [0.29, 0.717) is 11.0 Å². The van der Waals surface area contributed by atoms with Gasteiger partial charge in [-0.1, -0.05) is 12.1 Å². The third-order valence-electron chi connectivity index (χ3n) is 2.25. The molecule has 1 heterocycles. The average Bonchev–Trinajstić information content (AvgIpc) is 2.28. The molecule has 0 aliphatic carbocycles. The Bertz CT molecular complexity index is 598. The molecule has 0 unspecified atom stereocenters. The van der Waals surface area contributed by atoms with Crippen LogP contribution < -0.4 is 5.43 Å². The maximum absolute atomic E-state index is 11.7. The molecule has 0 fully saturated rings. The lowest BCUT2D eigenvalue weighted by molar-refractivity contribution is 0.0797. The van der Waals surface area contributed by atoms with E-state index < -0.39 is 0 Å². The number of hydrogen-bond acceptors (Lipinski definition) is 3. The van der Waals surface area contributed by atoms with Crippen LogP contribution in [0.4, 0.5) is 0 Å². The molecular formula is C12H11NO3. The minimum absolute atomic E-state index is 0.0636.